The Labute approximate surface area is 142 Å². The molecule has 24 heavy (non-hydrogen) atoms. The lowest BCUT2D eigenvalue weighted by atomic mass is 10.0. The van der Waals surface area contributed by atoms with Gasteiger partial charge in [-0.3, -0.25) is 4.79 Å². The Morgan fingerprint density at radius 3 is 2.38 bits per heavy atom. The maximum atomic E-state index is 12.5. The van der Waals surface area contributed by atoms with Crippen LogP contribution in [0.1, 0.15) is 18.5 Å². The van der Waals surface area contributed by atoms with Gasteiger partial charge < -0.3 is 10.6 Å². The van der Waals surface area contributed by atoms with Crippen LogP contribution < -0.4 is 10.5 Å². The first-order chi connectivity index (χ1) is 11.3. The molecule has 2 aromatic carbocycles. The molecule has 0 aliphatic rings. The van der Waals surface area contributed by atoms with Crippen LogP contribution >= 0.6 is 0 Å². The summed E-state index contributed by atoms with van der Waals surface area (Å²) in [5.41, 5.74) is 6.54. The van der Waals surface area contributed by atoms with Gasteiger partial charge in [-0.05, 0) is 29.3 Å². The van der Waals surface area contributed by atoms with Crippen molar-refractivity contribution >= 4 is 26.7 Å². The highest BCUT2D eigenvalue weighted by atomic mass is 32.2. The fourth-order valence-corrected chi connectivity index (χ4v) is 3.78. The van der Waals surface area contributed by atoms with E-state index in [2.05, 4.69) is 4.72 Å². The van der Waals surface area contributed by atoms with Crippen molar-refractivity contribution < 1.29 is 13.2 Å². The van der Waals surface area contributed by atoms with E-state index in [0.717, 1.165) is 16.3 Å². The predicted octanol–water partition coefficient (Wildman–Crippen LogP) is 1.24. The zero-order chi connectivity index (χ0) is 17.9. The number of benzene rings is 2. The molecule has 0 radical (unpaired) electrons. The van der Waals surface area contributed by atoms with Crippen LogP contribution in [0.5, 0.6) is 0 Å². The minimum atomic E-state index is -3.84. The first-order valence-corrected chi connectivity index (χ1v) is 9.22. The molecule has 0 aliphatic carbocycles. The number of carbonyl (C=O) groups excluding carboxylic acids is 1. The smallest absolute Gasteiger partial charge is 0.241 e. The molecule has 0 fully saturated rings. The number of hydrogen-bond acceptors (Lipinski definition) is 4. The van der Waals surface area contributed by atoms with Gasteiger partial charge in [0.15, 0.2) is 5.25 Å². The minimum absolute atomic E-state index is 0.0977. The fourth-order valence-electron chi connectivity index (χ4n) is 2.47. The van der Waals surface area contributed by atoms with Gasteiger partial charge in [0.05, 0.1) is 6.04 Å². The van der Waals surface area contributed by atoms with Gasteiger partial charge in [-0.15, -0.1) is 0 Å². The number of hydrogen-bond donors (Lipinski definition) is 2. The second kappa shape index (κ2) is 7.29. The first-order valence-electron chi connectivity index (χ1n) is 7.67. The second-order valence-corrected chi connectivity index (χ2v) is 7.97. The van der Waals surface area contributed by atoms with Gasteiger partial charge in [0.2, 0.25) is 15.9 Å². The van der Waals surface area contributed by atoms with Crippen LogP contribution in [0.2, 0.25) is 0 Å². The lowest BCUT2D eigenvalue weighted by molar-refractivity contribution is -0.127. The summed E-state index contributed by atoms with van der Waals surface area (Å²) >= 11 is 0. The van der Waals surface area contributed by atoms with Crippen molar-refractivity contribution in [1.82, 2.24) is 9.62 Å². The number of amides is 1. The molecule has 0 aromatic heterocycles. The molecule has 6 nitrogen and oxygen atoms in total. The van der Waals surface area contributed by atoms with E-state index < -0.39 is 27.2 Å². The van der Waals surface area contributed by atoms with Gasteiger partial charge >= 0.3 is 0 Å². The van der Waals surface area contributed by atoms with Crippen LogP contribution in [-0.4, -0.2) is 45.1 Å². The van der Waals surface area contributed by atoms with E-state index in [9.17, 15) is 13.2 Å². The van der Waals surface area contributed by atoms with Crippen LogP contribution in [0, 0.1) is 0 Å². The Bertz CT molecular complexity index is 834. The van der Waals surface area contributed by atoms with Gasteiger partial charge in [-0.1, -0.05) is 36.4 Å². The number of rotatable bonds is 6. The highest BCUT2D eigenvalue weighted by Gasteiger charge is 2.31. The fraction of sp³-hybridized carbons (Fsp3) is 0.353. The van der Waals surface area contributed by atoms with Crippen molar-refractivity contribution in [3.8, 4) is 0 Å². The molecule has 0 aliphatic heterocycles. The molecule has 3 N–H and O–H groups in total. The third kappa shape index (κ3) is 3.92. The standard InChI is InChI=1S/C17H23N3O3S/c1-12(17(21)20(2)3)24(22,23)19-16(11-18)15-9-8-13-6-4-5-7-14(13)10-15/h4-10,12,16,19H,11,18H2,1-3H3. The molecule has 1 amide bonds. The number of carbonyl (C=O) groups is 1. The average Bonchev–Trinajstić information content (AvgIpc) is 2.57. The third-order valence-corrected chi connectivity index (χ3v) is 5.72. The number of nitrogens with two attached hydrogens (primary N) is 1. The van der Waals surface area contributed by atoms with E-state index in [1.807, 2.05) is 42.5 Å². The molecule has 2 atom stereocenters. The molecule has 7 heteroatoms. The summed E-state index contributed by atoms with van der Waals surface area (Å²) in [6.45, 7) is 1.47. The van der Waals surface area contributed by atoms with E-state index in [-0.39, 0.29) is 6.54 Å². The zero-order valence-corrected chi connectivity index (χ0v) is 14.9. The average molecular weight is 349 g/mol. The van der Waals surface area contributed by atoms with Crippen molar-refractivity contribution in [2.24, 2.45) is 5.73 Å². The highest BCUT2D eigenvalue weighted by molar-refractivity contribution is 7.90. The molecule has 0 bridgehead atoms. The molecular weight excluding hydrogens is 326 g/mol. The van der Waals surface area contributed by atoms with E-state index in [1.165, 1.54) is 25.9 Å². The molecule has 2 unspecified atom stereocenters. The summed E-state index contributed by atoms with van der Waals surface area (Å²) in [5, 5.41) is 0.892. The Kier molecular flexibility index (Phi) is 5.58. The lowest BCUT2D eigenvalue weighted by Gasteiger charge is -2.22. The third-order valence-electron chi connectivity index (χ3n) is 3.97. The van der Waals surface area contributed by atoms with Crippen molar-refractivity contribution in [2.45, 2.75) is 18.2 Å². The number of nitrogens with zero attached hydrogens (tertiary/aromatic N) is 1. The number of fused-ring (bicyclic) bond motifs is 1. The van der Waals surface area contributed by atoms with Crippen molar-refractivity contribution in [2.75, 3.05) is 20.6 Å². The monoisotopic (exact) mass is 349 g/mol. The highest BCUT2D eigenvalue weighted by Crippen LogP contribution is 2.21. The van der Waals surface area contributed by atoms with Gasteiger partial charge in [0.25, 0.3) is 0 Å². The van der Waals surface area contributed by atoms with Crippen LogP contribution in [0.4, 0.5) is 0 Å². The summed E-state index contributed by atoms with van der Waals surface area (Å²) in [6, 6.07) is 12.9. The van der Waals surface area contributed by atoms with Gasteiger partial charge in [-0.25, -0.2) is 13.1 Å². The van der Waals surface area contributed by atoms with Crippen molar-refractivity contribution in [3.63, 3.8) is 0 Å². The minimum Gasteiger partial charge on any atom is -0.348 e. The topological polar surface area (TPSA) is 92.5 Å². The molecule has 0 saturated heterocycles. The van der Waals surface area contributed by atoms with E-state index in [1.54, 1.807) is 0 Å². The van der Waals surface area contributed by atoms with Crippen LogP contribution in [0.3, 0.4) is 0 Å². The van der Waals surface area contributed by atoms with E-state index in [4.69, 9.17) is 5.73 Å². The summed E-state index contributed by atoms with van der Waals surface area (Å²) in [6.07, 6.45) is 0. The zero-order valence-electron chi connectivity index (χ0n) is 14.1. The normalized spacial score (nSPS) is 14.3. The molecular formula is C17H23N3O3S. The van der Waals surface area contributed by atoms with E-state index >= 15 is 0 Å². The Morgan fingerprint density at radius 2 is 1.79 bits per heavy atom. The SMILES string of the molecule is CC(C(=O)N(C)C)S(=O)(=O)NC(CN)c1ccc2ccccc2c1. The van der Waals surface area contributed by atoms with Gasteiger partial charge in [0.1, 0.15) is 0 Å². The molecule has 0 spiro atoms. The van der Waals surface area contributed by atoms with Crippen LogP contribution in [-0.2, 0) is 14.8 Å². The van der Waals surface area contributed by atoms with Gasteiger partial charge in [-0.2, -0.15) is 0 Å². The number of nitrogens with one attached hydrogen (secondary N) is 1. The van der Waals surface area contributed by atoms with E-state index in [0.29, 0.717) is 0 Å². The summed E-state index contributed by atoms with van der Waals surface area (Å²) in [7, 11) is -0.787. The first kappa shape index (κ1) is 18.4. The molecule has 130 valence electrons. The summed E-state index contributed by atoms with van der Waals surface area (Å²) < 4.78 is 27.5. The predicted molar refractivity (Wildman–Crippen MR) is 96.0 cm³/mol. The van der Waals surface area contributed by atoms with Crippen LogP contribution in [0.15, 0.2) is 42.5 Å². The van der Waals surface area contributed by atoms with Crippen molar-refractivity contribution in [3.05, 3.63) is 48.0 Å². The molecule has 2 rings (SSSR count). The molecule has 0 saturated carbocycles. The Morgan fingerprint density at radius 1 is 1.17 bits per heavy atom. The molecule has 0 heterocycles. The number of sulfonamides is 1. The molecule has 2 aromatic rings. The van der Waals surface area contributed by atoms with Crippen LogP contribution in [0.25, 0.3) is 10.8 Å². The maximum absolute atomic E-state index is 12.5. The summed E-state index contributed by atoms with van der Waals surface area (Å²) in [4.78, 5) is 13.2. The van der Waals surface area contributed by atoms with Crippen molar-refractivity contribution in [1.29, 1.82) is 0 Å². The quantitative estimate of drug-likeness (QED) is 0.820. The Balaban J connectivity index is 2.28. The maximum Gasteiger partial charge on any atom is 0.241 e. The summed E-state index contributed by atoms with van der Waals surface area (Å²) in [5.74, 6) is -0.475. The Hall–Kier alpha value is -1.96. The second-order valence-electron chi connectivity index (χ2n) is 5.93. The van der Waals surface area contributed by atoms with Gasteiger partial charge in [0, 0.05) is 20.6 Å². The lowest BCUT2D eigenvalue weighted by Crippen LogP contribution is -2.45. The largest absolute Gasteiger partial charge is 0.348 e.